The summed E-state index contributed by atoms with van der Waals surface area (Å²) < 4.78 is 2.80. The molecule has 0 bridgehead atoms. The molecule has 0 aliphatic carbocycles. The summed E-state index contributed by atoms with van der Waals surface area (Å²) in [4.78, 5) is 17.0. The van der Waals surface area contributed by atoms with Gasteiger partial charge in [0.1, 0.15) is 0 Å². The highest BCUT2D eigenvalue weighted by atomic mass is 35.5. The van der Waals surface area contributed by atoms with E-state index >= 15 is 0 Å². The quantitative estimate of drug-likeness (QED) is 0.730. The van der Waals surface area contributed by atoms with Crippen molar-refractivity contribution in [3.8, 4) is 0 Å². The molecule has 0 spiro atoms. The molecule has 0 radical (unpaired) electrons. The largest absolute Gasteiger partial charge is 0.311 e. The lowest BCUT2D eigenvalue weighted by Crippen LogP contribution is -2.23. The van der Waals surface area contributed by atoms with Crippen LogP contribution in [-0.2, 0) is 11.3 Å². The molecule has 2 aromatic rings. The van der Waals surface area contributed by atoms with Gasteiger partial charge in [-0.05, 0) is 12.1 Å². The number of hydrogen-bond acceptors (Lipinski definition) is 2. The van der Waals surface area contributed by atoms with Gasteiger partial charge in [-0.2, -0.15) is 4.99 Å². The summed E-state index contributed by atoms with van der Waals surface area (Å²) in [5.74, 6) is -0.172. The van der Waals surface area contributed by atoms with Gasteiger partial charge in [-0.15, -0.1) is 6.58 Å². The normalized spacial score (nSPS) is 12.9. The molecule has 21 heavy (non-hydrogen) atoms. The number of fused-ring (bicyclic) bond motifs is 1. The van der Waals surface area contributed by atoms with Crippen molar-refractivity contribution in [2.24, 2.45) is 10.4 Å². The molecule has 0 aliphatic heterocycles. The molecule has 0 fully saturated rings. The van der Waals surface area contributed by atoms with Crippen molar-refractivity contribution >= 4 is 50.7 Å². The summed E-state index contributed by atoms with van der Waals surface area (Å²) in [5.41, 5.74) is 0.262. The second-order valence-electron chi connectivity index (χ2n) is 5.66. The van der Waals surface area contributed by atoms with E-state index in [0.717, 1.165) is 10.2 Å². The topological polar surface area (TPSA) is 34.4 Å². The first-order valence-corrected chi connectivity index (χ1v) is 8.00. The Labute approximate surface area is 137 Å². The van der Waals surface area contributed by atoms with Gasteiger partial charge in [-0.25, -0.2) is 0 Å². The molecule has 1 aromatic carbocycles. The van der Waals surface area contributed by atoms with E-state index in [1.54, 1.807) is 12.1 Å². The molecule has 0 saturated heterocycles. The van der Waals surface area contributed by atoms with Crippen LogP contribution in [0.15, 0.2) is 29.8 Å². The lowest BCUT2D eigenvalue weighted by atomic mass is 9.96. The average Bonchev–Trinajstić information content (AvgIpc) is 2.72. The number of allylic oxidation sites excluding steroid dienone is 1. The lowest BCUT2D eigenvalue weighted by molar-refractivity contribution is -0.125. The summed E-state index contributed by atoms with van der Waals surface area (Å²) in [6.07, 6.45) is 1.74. The fraction of sp³-hybridized carbons (Fsp3) is 0.333. The lowest BCUT2D eigenvalue weighted by Gasteiger charge is -2.11. The molecule has 6 heteroatoms. The first-order chi connectivity index (χ1) is 9.75. The van der Waals surface area contributed by atoms with Gasteiger partial charge in [-0.1, -0.05) is 61.4 Å². The SMILES string of the molecule is C=CCn1c(=NC(=O)C(C)(C)C)sc2ccc(Cl)c(Cl)c21. The Morgan fingerprint density at radius 2 is 2.10 bits per heavy atom. The van der Waals surface area contributed by atoms with E-state index in [2.05, 4.69) is 11.6 Å². The summed E-state index contributed by atoms with van der Waals surface area (Å²) in [7, 11) is 0. The van der Waals surface area contributed by atoms with Gasteiger partial charge in [0.15, 0.2) is 4.80 Å². The molecule has 1 amide bonds. The fourth-order valence-corrected chi connectivity index (χ4v) is 3.26. The van der Waals surface area contributed by atoms with Crippen molar-refractivity contribution in [1.29, 1.82) is 0 Å². The second-order valence-corrected chi connectivity index (χ2v) is 7.45. The van der Waals surface area contributed by atoms with Gasteiger partial charge in [0.05, 0.1) is 20.3 Å². The van der Waals surface area contributed by atoms with Crippen LogP contribution >= 0.6 is 34.5 Å². The number of carbonyl (C=O) groups excluding carboxylic acids is 1. The van der Waals surface area contributed by atoms with Crippen LogP contribution in [0.25, 0.3) is 10.2 Å². The molecule has 0 N–H and O–H groups in total. The van der Waals surface area contributed by atoms with Gasteiger partial charge >= 0.3 is 0 Å². The third kappa shape index (κ3) is 3.23. The van der Waals surface area contributed by atoms with E-state index in [9.17, 15) is 4.79 Å². The van der Waals surface area contributed by atoms with E-state index in [1.807, 2.05) is 31.4 Å². The molecule has 1 aromatic heterocycles. The van der Waals surface area contributed by atoms with E-state index in [-0.39, 0.29) is 5.91 Å². The highest BCUT2D eigenvalue weighted by Crippen LogP contribution is 2.32. The number of aromatic nitrogens is 1. The van der Waals surface area contributed by atoms with Crippen LogP contribution in [0.3, 0.4) is 0 Å². The zero-order valence-electron chi connectivity index (χ0n) is 12.1. The number of thiazole rings is 1. The van der Waals surface area contributed by atoms with Crippen LogP contribution in [0.4, 0.5) is 0 Å². The van der Waals surface area contributed by atoms with Crippen molar-refractivity contribution in [3.05, 3.63) is 39.6 Å². The molecule has 0 aliphatic rings. The Morgan fingerprint density at radius 1 is 1.43 bits per heavy atom. The number of hydrogen-bond donors (Lipinski definition) is 0. The maximum atomic E-state index is 12.2. The minimum absolute atomic E-state index is 0.172. The van der Waals surface area contributed by atoms with E-state index in [0.29, 0.717) is 21.4 Å². The summed E-state index contributed by atoms with van der Waals surface area (Å²) in [6.45, 7) is 9.78. The number of benzene rings is 1. The summed E-state index contributed by atoms with van der Waals surface area (Å²) in [6, 6.07) is 3.63. The number of rotatable bonds is 2. The van der Waals surface area contributed by atoms with Gasteiger partial charge < -0.3 is 4.57 Å². The van der Waals surface area contributed by atoms with Crippen molar-refractivity contribution < 1.29 is 4.79 Å². The number of nitrogens with zero attached hydrogens (tertiary/aromatic N) is 2. The first kappa shape index (κ1) is 16.3. The first-order valence-electron chi connectivity index (χ1n) is 6.43. The maximum Gasteiger partial charge on any atom is 0.253 e. The van der Waals surface area contributed by atoms with Crippen molar-refractivity contribution in [2.75, 3.05) is 0 Å². The number of halogens is 2. The Morgan fingerprint density at radius 3 is 2.67 bits per heavy atom. The van der Waals surface area contributed by atoms with E-state index in [4.69, 9.17) is 23.2 Å². The van der Waals surface area contributed by atoms with Crippen LogP contribution < -0.4 is 4.80 Å². The molecule has 2 rings (SSSR count). The highest BCUT2D eigenvalue weighted by Gasteiger charge is 2.21. The van der Waals surface area contributed by atoms with Crippen LogP contribution in [0, 0.1) is 5.41 Å². The maximum absolute atomic E-state index is 12.2. The van der Waals surface area contributed by atoms with Gasteiger partial charge in [0.2, 0.25) is 0 Å². The third-order valence-electron chi connectivity index (χ3n) is 2.88. The molecule has 3 nitrogen and oxygen atoms in total. The summed E-state index contributed by atoms with van der Waals surface area (Å²) in [5, 5.41) is 0.949. The standard InChI is InChI=1S/C15H16Cl2N2OS/c1-5-8-19-12-10(7-6-9(16)11(12)17)21-14(19)18-13(20)15(2,3)4/h5-7H,1,8H2,2-4H3. The van der Waals surface area contributed by atoms with Crippen molar-refractivity contribution in [3.63, 3.8) is 0 Å². The van der Waals surface area contributed by atoms with E-state index < -0.39 is 5.41 Å². The molecule has 112 valence electrons. The predicted molar refractivity (Wildman–Crippen MR) is 90.1 cm³/mol. The van der Waals surface area contributed by atoms with Crippen LogP contribution in [0.5, 0.6) is 0 Å². The monoisotopic (exact) mass is 342 g/mol. The average molecular weight is 343 g/mol. The minimum Gasteiger partial charge on any atom is -0.311 e. The zero-order chi connectivity index (χ0) is 15.8. The number of amides is 1. The smallest absolute Gasteiger partial charge is 0.253 e. The van der Waals surface area contributed by atoms with Crippen molar-refractivity contribution in [1.82, 2.24) is 4.57 Å². The third-order valence-corrected chi connectivity index (χ3v) is 4.72. The van der Waals surface area contributed by atoms with Gasteiger partial charge in [-0.3, -0.25) is 4.79 Å². The predicted octanol–water partition coefficient (Wildman–Crippen LogP) is 4.67. The van der Waals surface area contributed by atoms with Crippen LogP contribution in [0.2, 0.25) is 10.0 Å². The molecular formula is C15H16Cl2N2OS. The van der Waals surface area contributed by atoms with Crippen LogP contribution in [0.1, 0.15) is 20.8 Å². The molecule has 1 heterocycles. The molecule has 0 unspecified atom stereocenters. The Bertz CT molecular complexity index is 781. The zero-order valence-corrected chi connectivity index (χ0v) is 14.4. The molecular weight excluding hydrogens is 327 g/mol. The van der Waals surface area contributed by atoms with E-state index in [1.165, 1.54) is 11.3 Å². The number of carbonyl (C=O) groups is 1. The van der Waals surface area contributed by atoms with Crippen molar-refractivity contribution in [2.45, 2.75) is 27.3 Å². The van der Waals surface area contributed by atoms with Crippen LogP contribution in [-0.4, -0.2) is 10.5 Å². The Balaban J connectivity index is 2.78. The Hall–Kier alpha value is -1.10. The fourth-order valence-electron chi connectivity index (χ4n) is 1.74. The minimum atomic E-state index is -0.524. The molecule has 0 atom stereocenters. The Kier molecular flexibility index (Phi) is 4.61. The summed E-state index contributed by atoms with van der Waals surface area (Å²) >= 11 is 13.8. The second kappa shape index (κ2) is 5.95. The highest BCUT2D eigenvalue weighted by molar-refractivity contribution is 7.16. The van der Waals surface area contributed by atoms with Gasteiger partial charge in [0.25, 0.3) is 5.91 Å². The molecule has 0 saturated carbocycles. The van der Waals surface area contributed by atoms with Gasteiger partial charge in [0, 0.05) is 12.0 Å².